The molecule has 4 aliphatic rings. The second-order valence-corrected chi connectivity index (χ2v) is 25.3. The Balaban J connectivity index is 0.000000135. The van der Waals surface area contributed by atoms with E-state index in [1.54, 1.807) is 35.1 Å². The van der Waals surface area contributed by atoms with E-state index in [0.29, 0.717) is 46.5 Å². The minimum atomic E-state index is -0.534. The van der Waals surface area contributed by atoms with Gasteiger partial charge in [0.25, 0.3) is 0 Å². The van der Waals surface area contributed by atoms with E-state index >= 15 is 0 Å². The van der Waals surface area contributed by atoms with Crippen LogP contribution >= 0.6 is 45.3 Å². The zero-order valence-electron chi connectivity index (χ0n) is 47.1. The van der Waals surface area contributed by atoms with Gasteiger partial charge in [-0.1, -0.05) is 97.1 Å². The van der Waals surface area contributed by atoms with Crippen LogP contribution in [0.2, 0.25) is 0 Å². The molecule has 3 aromatic carbocycles. The Morgan fingerprint density at radius 2 is 0.589 bits per heavy atom. The summed E-state index contributed by atoms with van der Waals surface area (Å²) in [5.74, 6) is 6.41. The minimum Gasteiger partial charge on any atom is -0.278 e. The van der Waals surface area contributed by atoms with Crippen molar-refractivity contribution in [2.24, 2.45) is 0 Å². The summed E-state index contributed by atoms with van der Waals surface area (Å²) in [5.41, 5.74) is 13.6. The van der Waals surface area contributed by atoms with E-state index in [2.05, 4.69) is 109 Å². The third kappa shape index (κ3) is 7.78. The third-order valence-electron chi connectivity index (χ3n) is 17.0. The molecular formula is C72H42N14S4. The van der Waals surface area contributed by atoms with Gasteiger partial charge in [-0.2, -0.15) is 9.97 Å². The summed E-state index contributed by atoms with van der Waals surface area (Å²) in [6, 6.07) is 65.7. The Kier molecular flexibility index (Phi) is 12.1. The number of hydrogen-bond acceptors (Lipinski definition) is 18. The highest BCUT2D eigenvalue weighted by molar-refractivity contribution is 7.21. The number of rotatable bonds is 7. The number of fused-ring (bicyclic) bond motifs is 18. The van der Waals surface area contributed by atoms with Crippen molar-refractivity contribution in [1.29, 1.82) is 0 Å². The molecule has 0 saturated heterocycles. The molecule has 2 aliphatic heterocycles. The Hall–Kier alpha value is -11.0. The molecule has 18 heteroatoms. The molecule has 0 atom stereocenters. The van der Waals surface area contributed by atoms with Crippen molar-refractivity contribution >= 4 is 80.3 Å². The van der Waals surface area contributed by atoms with E-state index in [-0.39, 0.29) is 0 Å². The molecule has 2 spiro atoms. The van der Waals surface area contributed by atoms with Crippen LogP contribution in [0.5, 0.6) is 0 Å². The smallest absolute Gasteiger partial charge is 0.241 e. The number of benzene rings is 3. The molecule has 0 bridgehead atoms. The lowest BCUT2D eigenvalue weighted by Crippen LogP contribution is -2.37. The standard InChI is InChI=1S/C39H23N7S2.C33H19N7S2/c1-2-8-24(9-3-1)34-43-35(45-36(44-34)31-12-4-5-19-40-31)25-13-15-26(16-14-25)46-37-29(10-6-20-41-37)39(30-11-7-21-42-38(30)46)27-17-22-47-32(27)33-28(39)18-23-48-33;1-2-8-20(9-3-1)28-37-29(25-12-4-5-15-34-25)39-32(38-28)40-30-23(10-6-16-35-30)33(24-11-7-17-36-31(24)40)21-13-18-41-26(21)27-22(33)14-19-42-27/h1-23H;1-19H. The highest BCUT2D eigenvalue weighted by Gasteiger charge is 2.56. The summed E-state index contributed by atoms with van der Waals surface area (Å²) in [6.07, 6.45) is 10.9. The van der Waals surface area contributed by atoms with Crippen LogP contribution < -0.4 is 9.80 Å². The van der Waals surface area contributed by atoms with Crippen molar-refractivity contribution in [2.75, 3.05) is 9.80 Å². The number of thiophene rings is 4. The van der Waals surface area contributed by atoms with E-state index in [1.165, 1.54) is 41.8 Å². The first kappa shape index (κ1) is 52.1. The van der Waals surface area contributed by atoms with Gasteiger partial charge in [-0.3, -0.25) is 14.9 Å². The van der Waals surface area contributed by atoms with Gasteiger partial charge < -0.3 is 0 Å². The van der Waals surface area contributed by atoms with E-state index in [1.807, 2.05) is 174 Å². The zero-order chi connectivity index (χ0) is 59.3. The first-order valence-corrected chi connectivity index (χ1v) is 32.5. The fraction of sp³-hybridized carbons (Fsp3) is 0.0278. The first-order chi connectivity index (χ1) is 44.6. The van der Waals surface area contributed by atoms with Gasteiger partial charge in [-0.05, 0) is 141 Å². The molecule has 19 rings (SSSR count). The minimum absolute atomic E-state index is 0.438. The molecule has 90 heavy (non-hydrogen) atoms. The van der Waals surface area contributed by atoms with Gasteiger partial charge in [-0.15, -0.1) is 45.3 Å². The predicted molar refractivity (Wildman–Crippen MR) is 356 cm³/mol. The SMILES string of the molecule is c1ccc(-c2nc(-c3ccc(N4c5ncccc5C5(c6cccnc64)c4ccsc4-c4sccc45)cc3)nc(-c3ccccn3)n2)cc1.c1ccc(-c2nc(-c3ccccn3)nc(N3c4ncccc4C4(c5cccnc53)c3ccsc3-c3sccc34)n2)cc1. The van der Waals surface area contributed by atoms with Crippen molar-refractivity contribution in [3.63, 3.8) is 0 Å². The molecule has 0 unspecified atom stereocenters. The van der Waals surface area contributed by atoms with Gasteiger partial charge in [0.05, 0.1) is 10.8 Å². The number of pyridine rings is 6. The lowest BCUT2D eigenvalue weighted by molar-refractivity contribution is 0.735. The number of aromatic nitrogens is 12. The summed E-state index contributed by atoms with van der Waals surface area (Å²) < 4.78 is 0. The molecule has 0 saturated carbocycles. The molecule has 12 aromatic heterocycles. The fourth-order valence-corrected chi connectivity index (χ4v) is 17.5. The highest BCUT2D eigenvalue weighted by Crippen LogP contribution is 2.66. The molecule has 2 aliphatic carbocycles. The average molecular weight is 1230 g/mol. The van der Waals surface area contributed by atoms with Crippen molar-refractivity contribution in [1.82, 2.24) is 59.8 Å². The van der Waals surface area contributed by atoms with Crippen molar-refractivity contribution < 1.29 is 0 Å². The average Bonchev–Trinajstić information content (AvgIpc) is 1.47. The van der Waals surface area contributed by atoms with Gasteiger partial charge >= 0.3 is 0 Å². The van der Waals surface area contributed by atoms with Crippen LogP contribution in [0.3, 0.4) is 0 Å². The summed E-state index contributed by atoms with van der Waals surface area (Å²) in [6.45, 7) is 0. The van der Waals surface area contributed by atoms with E-state index in [9.17, 15) is 0 Å². The van der Waals surface area contributed by atoms with Gasteiger partial charge in [-0.25, -0.2) is 44.8 Å². The van der Waals surface area contributed by atoms with Gasteiger partial charge in [0.1, 0.15) is 34.7 Å². The Bertz CT molecular complexity index is 4950. The zero-order valence-corrected chi connectivity index (χ0v) is 50.4. The van der Waals surface area contributed by atoms with Crippen molar-refractivity contribution in [2.45, 2.75) is 10.8 Å². The summed E-state index contributed by atoms with van der Waals surface area (Å²) >= 11 is 7.19. The Labute approximate surface area is 531 Å². The second kappa shape index (κ2) is 20.8. The molecule has 14 nitrogen and oxygen atoms in total. The molecular weight excluding hydrogens is 1190 g/mol. The van der Waals surface area contributed by atoms with Crippen molar-refractivity contribution in [3.05, 3.63) is 297 Å². The molecule has 0 N–H and O–H groups in total. The van der Waals surface area contributed by atoms with E-state index in [0.717, 1.165) is 67.9 Å². The molecule has 0 amide bonds. The molecule has 424 valence electrons. The van der Waals surface area contributed by atoms with Crippen LogP contribution in [0.4, 0.5) is 34.9 Å². The van der Waals surface area contributed by atoms with Crippen LogP contribution in [0.25, 0.3) is 76.7 Å². The Morgan fingerprint density at radius 3 is 0.989 bits per heavy atom. The quantitative estimate of drug-likeness (QED) is 0.148. The van der Waals surface area contributed by atoms with Crippen LogP contribution in [-0.2, 0) is 10.8 Å². The number of hydrogen-bond donors (Lipinski definition) is 0. The van der Waals surface area contributed by atoms with Crippen molar-refractivity contribution in [3.8, 4) is 76.7 Å². The van der Waals surface area contributed by atoms with Gasteiger partial charge in [0, 0.05) is 101 Å². The van der Waals surface area contributed by atoms with Crippen LogP contribution in [0.1, 0.15) is 44.5 Å². The van der Waals surface area contributed by atoms with E-state index in [4.69, 9.17) is 49.8 Å². The van der Waals surface area contributed by atoms with Crippen LogP contribution in [0, 0.1) is 0 Å². The summed E-state index contributed by atoms with van der Waals surface area (Å²) in [4.78, 5) is 68.0. The number of anilines is 6. The number of nitrogens with zero attached hydrogens (tertiary/aromatic N) is 14. The largest absolute Gasteiger partial charge is 0.278 e. The maximum Gasteiger partial charge on any atom is 0.241 e. The Morgan fingerprint density at radius 1 is 0.256 bits per heavy atom. The third-order valence-corrected chi connectivity index (χ3v) is 21.0. The fourth-order valence-electron chi connectivity index (χ4n) is 13.3. The highest BCUT2D eigenvalue weighted by atomic mass is 32.1. The summed E-state index contributed by atoms with van der Waals surface area (Å²) in [7, 11) is 0. The second-order valence-electron chi connectivity index (χ2n) is 21.6. The molecule has 0 radical (unpaired) electrons. The van der Waals surface area contributed by atoms with E-state index < -0.39 is 10.8 Å². The normalized spacial score (nSPS) is 13.7. The summed E-state index contributed by atoms with van der Waals surface area (Å²) in [5, 5.41) is 8.78. The maximum absolute atomic E-state index is 5.03. The molecule has 15 aromatic rings. The topological polar surface area (TPSA) is 161 Å². The molecule has 14 heterocycles. The van der Waals surface area contributed by atoms with Crippen LogP contribution in [-0.4, -0.2) is 59.8 Å². The van der Waals surface area contributed by atoms with Crippen LogP contribution in [0.15, 0.2) is 253 Å². The molecule has 0 fully saturated rings. The maximum atomic E-state index is 5.03. The lowest BCUT2D eigenvalue weighted by Gasteiger charge is -2.42. The van der Waals surface area contributed by atoms with Gasteiger partial charge in [0.2, 0.25) is 5.95 Å². The first-order valence-electron chi connectivity index (χ1n) is 29.0. The lowest BCUT2D eigenvalue weighted by atomic mass is 9.67. The monoisotopic (exact) mass is 1230 g/mol. The van der Waals surface area contributed by atoms with Gasteiger partial charge in [0.15, 0.2) is 29.1 Å². The predicted octanol–water partition coefficient (Wildman–Crippen LogP) is 17.0.